The van der Waals surface area contributed by atoms with Crippen LogP contribution in [0.5, 0.6) is 0 Å². The highest BCUT2D eigenvalue weighted by atomic mass is 16.2. The number of likely N-dealkylation sites (tertiary alicyclic amines) is 2. The Balaban J connectivity index is 1.37. The zero-order valence-electron chi connectivity index (χ0n) is 16.3. The molecule has 2 aliphatic heterocycles. The quantitative estimate of drug-likeness (QED) is 0.808. The van der Waals surface area contributed by atoms with Gasteiger partial charge in [0.15, 0.2) is 0 Å². The van der Waals surface area contributed by atoms with Gasteiger partial charge >= 0.3 is 0 Å². The number of hydrogen-bond acceptors (Lipinski definition) is 3. The number of aromatic nitrogens is 1. The molecule has 5 heteroatoms. The number of fused-ring (bicyclic) bond motifs is 2. The lowest BCUT2D eigenvalue weighted by Crippen LogP contribution is -2.44. The summed E-state index contributed by atoms with van der Waals surface area (Å²) in [7, 11) is 0. The van der Waals surface area contributed by atoms with E-state index in [1.807, 2.05) is 34.1 Å². The maximum atomic E-state index is 13.5. The van der Waals surface area contributed by atoms with E-state index >= 15 is 0 Å². The molecule has 2 saturated heterocycles. The molecule has 1 aliphatic carbocycles. The van der Waals surface area contributed by atoms with Gasteiger partial charge < -0.3 is 9.80 Å². The predicted octanol–water partition coefficient (Wildman–Crippen LogP) is 3.20. The van der Waals surface area contributed by atoms with Crippen LogP contribution in [0.4, 0.5) is 0 Å². The van der Waals surface area contributed by atoms with Gasteiger partial charge in [-0.2, -0.15) is 0 Å². The molecule has 0 saturated carbocycles. The molecule has 0 radical (unpaired) electrons. The average molecular weight is 377 g/mol. The SMILES string of the molecule is O=C(c1c2c(nc3ccccc13)CCC2)N1CCC(C(=O)N2CCCC2)CC1. The van der Waals surface area contributed by atoms with E-state index in [1.165, 1.54) is 0 Å². The summed E-state index contributed by atoms with van der Waals surface area (Å²) in [6, 6.07) is 8.01. The Hall–Kier alpha value is -2.43. The van der Waals surface area contributed by atoms with Crippen LogP contribution in [0.15, 0.2) is 24.3 Å². The molecule has 0 atom stereocenters. The number of carbonyl (C=O) groups is 2. The summed E-state index contributed by atoms with van der Waals surface area (Å²) in [4.78, 5) is 35.0. The van der Waals surface area contributed by atoms with Crippen molar-refractivity contribution in [2.75, 3.05) is 26.2 Å². The van der Waals surface area contributed by atoms with Crippen LogP contribution in [-0.2, 0) is 17.6 Å². The van der Waals surface area contributed by atoms with E-state index in [2.05, 4.69) is 0 Å². The van der Waals surface area contributed by atoms with Gasteiger partial charge in [-0.1, -0.05) is 18.2 Å². The highest BCUT2D eigenvalue weighted by Crippen LogP contribution is 2.32. The van der Waals surface area contributed by atoms with E-state index in [1.54, 1.807) is 0 Å². The van der Waals surface area contributed by atoms with Crippen LogP contribution >= 0.6 is 0 Å². The number of para-hydroxylation sites is 1. The summed E-state index contributed by atoms with van der Waals surface area (Å²) in [6.45, 7) is 3.17. The van der Waals surface area contributed by atoms with E-state index in [0.29, 0.717) is 19.0 Å². The van der Waals surface area contributed by atoms with Crippen molar-refractivity contribution >= 4 is 22.7 Å². The summed E-state index contributed by atoms with van der Waals surface area (Å²) >= 11 is 0. The van der Waals surface area contributed by atoms with Crippen LogP contribution in [0.1, 0.15) is 53.7 Å². The topological polar surface area (TPSA) is 53.5 Å². The third-order valence-electron chi connectivity index (χ3n) is 6.68. The lowest BCUT2D eigenvalue weighted by molar-refractivity contribution is -0.135. The molecular formula is C23H27N3O2. The van der Waals surface area contributed by atoms with Crippen molar-refractivity contribution in [1.82, 2.24) is 14.8 Å². The molecule has 0 unspecified atom stereocenters. The number of amides is 2. The van der Waals surface area contributed by atoms with Crippen molar-refractivity contribution in [3.8, 4) is 0 Å². The Labute approximate surface area is 165 Å². The van der Waals surface area contributed by atoms with Gasteiger partial charge in [0.1, 0.15) is 0 Å². The smallest absolute Gasteiger partial charge is 0.254 e. The zero-order valence-corrected chi connectivity index (χ0v) is 16.3. The first-order valence-electron chi connectivity index (χ1n) is 10.7. The Morgan fingerprint density at radius 3 is 2.43 bits per heavy atom. The van der Waals surface area contributed by atoms with E-state index in [0.717, 1.165) is 85.8 Å². The number of benzene rings is 1. The van der Waals surface area contributed by atoms with Crippen molar-refractivity contribution in [2.45, 2.75) is 44.9 Å². The monoisotopic (exact) mass is 377 g/mol. The predicted molar refractivity (Wildman–Crippen MR) is 108 cm³/mol. The molecule has 0 N–H and O–H groups in total. The third kappa shape index (κ3) is 2.97. The van der Waals surface area contributed by atoms with Gasteiger partial charge in [-0.05, 0) is 56.6 Å². The van der Waals surface area contributed by atoms with Crippen LogP contribution in [0.25, 0.3) is 10.9 Å². The molecule has 2 fully saturated rings. The Kier molecular flexibility index (Phi) is 4.53. The molecule has 1 aromatic heterocycles. The molecule has 0 spiro atoms. The molecule has 1 aromatic carbocycles. The molecule has 5 rings (SSSR count). The summed E-state index contributed by atoms with van der Waals surface area (Å²) in [5.41, 5.74) is 4.04. The maximum absolute atomic E-state index is 13.5. The minimum Gasteiger partial charge on any atom is -0.342 e. The highest BCUT2D eigenvalue weighted by molar-refractivity contribution is 6.08. The lowest BCUT2D eigenvalue weighted by Gasteiger charge is -2.33. The van der Waals surface area contributed by atoms with E-state index in [9.17, 15) is 9.59 Å². The van der Waals surface area contributed by atoms with Crippen LogP contribution in [0.2, 0.25) is 0 Å². The fourth-order valence-electron chi connectivity index (χ4n) is 5.14. The van der Waals surface area contributed by atoms with Gasteiger partial charge in [0.05, 0.1) is 11.1 Å². The summed E-state index contributed by atoms with van der Waals surface area (Å²) in [5.74, 6) is 0.519. The van der Waals surface area contributed by atoms with Crippen molar-refractivity contribution in [3.63, 3.8) is 0 Å². The minimum absolute atomic E-state index is 0.0852. The van der Waals surface area contributed by atoms with Crippen LogP contribution in [-0.4, -0.2) is 52.8 Å². The van der Waals surface area contributed by atoms with E-state index in [4.69, 9.17) is 4.98 Å². The zero-order chi connectivity index (χ0) is 19.1. The van der Waals surface area contributed by atoms with Gasteiger partial charge in [0.2, 0.25) is 5.91 Å². The first kappa shape index (κ1) is 17.7. The van der Waals surface area contributed by atoms with Crippen molar-refractivity contribution in [1.29, 1.82) is 0 Å². The van der Waals surface area contributed by atoms with Gasteiger partial charge in [-0.25, -0.2) is 0 Å². The van der Waals surface area contributed by atoms with Crippen molar-refractivity contribution < 1.29 is 9.59 Å². The standard InChI is InChI=1S/C23H27N3O2/c27-22(25-12-3-4-13-25)16-10-14-26(15-11-16)23(28)21-17-6-1-2-8-19(17)24-20-9-5-7-18(20)21/h1-2,6,8,16H,3-5,7,9-15H2. The van der Waals surface area contributed by atoms with E-state index < -0.39 is 0 Å². The van der Waals surface area contributed by atoms with Gasteiger partial charge in [-0.15, -0.1) is 0 Å². The summed E-state index contributed by atoms with van der Waals surface area (Å²) in [6.07, 6.45) is 6.81. The number of hydrogen-bond donors (Lipinski definition) is 0. The molecule has 0 bridgehead atoms. The number of rotatable bonds is 2. The van der Waals surface area contributed by atoms with Crippen LogP contribution in [0, 0.1) is 5.92 Å². The first-order chi connectivity index (χ1) is 13.7. The van der Waals surface area contributed by atoms with E-state index in [-0.39, 0.29) is 11.8 Å². The lowest BCUT2D eigenvalue weighted by atomic mass is 9.93. The van der Waals surface area contributed by atoms with Gasteiger partial charge in [0, 0.05) is 43.2 Å². The second-order valence-corrected chi connectivity index (χ2v) is 8.38. The number of piperidine rings is 1. The summed E-state index contributed by atoms with van der Waals surface area (Å²) < 4.78 is 0. The molecule has 3 heterocycles. The molecule has 2 aromatic rings. The molecule has 2 amide bonds. The second-order valence-electron chi connectivity index (χ2n) is 8.38. The fraction of sp³-hybridized carbons (Fsp3) is 0.522. The minimum atomic E-state index is 0.0852. The Morgan fingerprint density at radius 1 is 0.893 bits per heavy atom. The number of pyridine rings is 1. The van der Waals surface area contributed by atoms with Gasteiger partial charge in [-0.3, -0.25) is 14.6 Å². The number of aryl methyl sites for hydroxylation is 1. The summed E-state index contributed by atoms with van der Waals surface area (Å²) in [5, 5.41) is 0.975. The van der Waals surface area contributed by atoms with Crippen LogP contribution < -0.4 is 0 Å². The first-order valence-corrected chi connectivity index (χ1v) is 10.7. The van der Waals surface area contributed by atoms with Gasteiger partial charge in [0.25, 0.3) is 5.91 Å². The number of nitrogens with zero attached hydrogens (tertiary/aromatic N) is 3. The molecular weight excluding hydrogens is 350 g/mol. The fourth-order valence-corrected chi connectivity index (χ4v) is 5.14. The second kappa shape index (κ2) is 7.19. The highest BCUT2D eigenvalue weighted by Gasteiger charge is 2.33. The molecule has 5 nitrogen and oxygen atoms in total. The normalized spacial score (nSPS) is 20.0. The van der Waals surface area contributed by atoms with Crippen molar-refractivity contribution in [2.24, 2.45) is 5.92 Å². The molecule has 28 heavy (non-hydrogen) atoms. The van der Waals surface area contributed by atoms with Crippen LogP contribution in [0.3, 0.4) is 0 Å². The maximum Gasteiger partial charge on any atom is 0.254 e. The Morgan fingerprint density at radius 2 is 1.64 bits per heavy atom. The molecule has 146 valence electrons. The average Bonchev–Trinajstić information content (AvgIpc) is 3.43. The molecule has 3 aliphatic rings. The number of carbonyl (C=O) groups excluding carboxylic acids is 2. The van der Waals surface area contributed by atoms with Crippen molar-refractivity contribution in [3.05, 3.63) is 41.1 Å². The third-order valence-corrected chi connectivity index (χ3v) is 6.68. The largest absolute Gasteiger partial charge is 0.342 e. The Bertz CT molecular complexity index is 925.